The molecule has 2 aliphatic heterocycles. The second kappa shape index (κ2) is 9.73. The Morgan fingerprint density at radius 1 is 0.769 bits per heavy atom. The van der Waals surface area contributed by atoms with Gasteiger partial charge in [0.15, 0.2) is 0 Å². The number of pyridine rings is 1. The van der Waals surface area contributed by atoms with Crippen molar-refractivity contribution in [1.82, 2.24) is 15.0 Å². The van der Waals surface area contributed by atoms with Gasteiger partial charge in [0, 0.05) is 59.4 Å². The van der Waals surface area contributed by atoms with Crippen molar-refractivity contribution in [3.05, 3.63) is 89.0 Å². The number of nitrogens with one attached hydrogen (secondary N) is 2. The number of H-pyrrole nitrogens is 2. The van der Waals surface area contributed by atoms with Gasteiger partial charge in [0.1, 0.15) is 11.5 Å². The molecule has 0 radical (unpaired) electrons. The Labute approximate surface area is 227 Å². The number of rotatable bonds is 7. The van der Waals surface area contributed by atoms with Gasteiger partial charge in [0.05, 0.1) is 37.0 Å². The highest BCUT2D eigenvalue weighted by Gasteiger charge is 2.27. The summed E-state index contributed by atoms with van der Waals surface area (Å²) in [6.07, 6.45) is 7.33. The molecule has 7 nitrogen and oxygen atoms in total. The van der Waals surface area contributed by atoms with Crippen LogP contribution in [0.4, 0.5) is 0 Å². The first-order valence-electron chi connectivity index (χ1n) is 13.6. The minimum absolute atomic E-state index is 0.190. The largest absolute Gasteiger partial charge is 0.497 e. The minimum Gasteiger partial charge on any atom is -0.497 e. The van der Waals surface area contributed by atoms with Gasteiger partial charge in [-0.3, -0.25) is 15.0 Å². The van der Waals surface area contributed by atoms with Crippen molar-refractivity contribution in [2.75, 3.05) is 27.3 Å². The smallest absolute Gasteiger partial charge is 0.120 e. The van der Waals surface area contributed by atoms with Crippen LogP contribution in [-0.2, 0) is 12.8 Å². The molecule has 5 heterocycles. The van der Waals surface area contributed by atoms with Gasteiger partial charge in [-0.15, -0.1) is 0 Å². The number of hydrogen-bond acceptors (Lipinski definition) is 5. The van der Waals surface area contributed by atoms with Crippen LogP contribution in [-0.4, -0.2) is 53.7 Å². The summed E-state index contributed by atoms with van der Waals surface area (Å²) in [5.74, 6) is 1.90. The molecule has 7 heteroatoms. The van der Waals surface area contributed by atoms with E-state index in [2.05, 4.69) is 45.3 Å². The number of nitrogens with zero attached hydrogens (tertiary/aromatic N) is 3. The molecule has 0 atom stereocenters. The maximum atomic E-state index is 5.47. The third kappa shape index (κ3) is 4.18. The van der Waals surface area contributed by atoms with Crippen LogP contribution in [0.5, 0.6) is 11.5 Å². The Balaban J connectivity index is 1.25. The van der Waals surface area contributed by atoms with E-state index in [4.69, 9.17) is 19.5 Å². The summed E-state index contributed by atoms with van der Waals surface area (Å²) < 4.78 is 10.9. The molecule has 0 spiro atoms. The van der Waals surface area contributed by atoms with Gasteiger partial charge in [-0.05, 0) is 78.6 Å². The van der Waals surface area contributed by atoms with Crippen LogP contribution in [0, 0.1) is 0 Å². The molecule has 2 aliphatic rings. The first-order chi connectivity index (χ1) is 19.2. The molecule has 7 rings (SSSR count). The van der Waals surface area contributed by atoms with Crippen molar-refractivity contribution in [2.24, 2.45) is 9.98 Å². The van der Waals surface area contributed by atoms with E-state index in [0.717, 1.165) is 84.1 Å². The maximum absolute atomic E-state index is 5.47. The van der Waals surface area contributed by atoms with E-state index < -0.39 is 0 Å². The van der Waals surface area contributed by atoms with Crippen molar-refractivity contribution in [1.29, 1.82) is 0 Å². The summed E-state index contributed by atoms with van der Waals surface area (Å²) in [6.45, 7) is 1.60. The van der Waals surface area contributed by atoms with Crippen molar-refractivity contribution >= 4 is 33.2 Å². The zero-order valence-corrected chi connectivity index (χ0v) is 22.3. The fourth-order valence-corrected chi connectivity index (χ4v) is 6.22. The monoisotopic (exact) mass is 517 g/mol. The van der Waals surface area contributed by atoms with Crippen LogP contribution in [0.15, 0.2) is 70.9 Å². The lowest BCUT2D eigenvalue weighted by Crippen LogP contribution is -2.20. The van der Waals surface area contributed by atoms with E-state index in [0.29, 0.717) is 0 Å². The molecular weight excluding hydrogens is 486 g/mol. The Morgan fingerprint density at radius 2 is 1.33 bits per heavy atom. The SMILES string of the molecule is COc1ccc2c3c([nH]c2c1)C(CC(CC1=NCCc2c1[nH]c1cc(OC)ccc21)c1cccnc1)=NCC3. The molecule has 0 saturated carbocycles. The zero-order valence-electron chi connectivity index (χ0n) is 22.3. The lowest BCUT2D eigenvalue weighted by molar-refractivity contribution is 0.415. The summed E-state index contributed by atoms with van der Waals surface area (Å²) in [5.41, 5.74) is 10.7. The first kappa shape index (κ1) is 23.7. The molecule has 196 valence electrons. The predicted molar refractivity (Wildman–Crippen MR) is 156 cm³/mol. The molecule has 0 aliphatic carbocycles. The van der Waals surface area contributed by atoms with Crippen molar-refractivity contribution in [3.8, 4) is 11.5 Å². The van der Waals surface area contributed by atoms with E-state index in [1.165, 1.54) is 27.5 Å². The topological polar surface area (TPSA) is 87.6 Å². The van der Waals surface area contributed by atoms with Crippen LogP contribution in [0.2, 0.25) is 0 Å². The third-order valence-electron chi connectivity index (χ3n) is 8.17. The molecule has 2 N–H and O–H groups in total. The molecule has 0 bridgehead atoms. The second-order valence-corrected chi connectivity index (χ2v) is 10.3. The molecule has 0 fully saturated rings. The lowest BCUT2D eigenvalue weighted by Gasteiger charge is -2.23. The minimum atomic E-state index is 0.190. The van der Waals surface area contributed by atoms with Crippen LogP contribution < -0.4 is 9.47 Å². The quantitative estimate of drug-likeness (QED) is 0.277. The molecule has 2 aromatic carbocycles. The van der Waals surface area contributed by atoms with Crippen LogP contribution >= 0.6 is 0 Å². The highest BCUT2D eigenvalue weighted by Crippen LogP contribution is 2.35. The van der Waals surface area contributed by atoms with Crippen LogP contribution in [0.3, 0.4) is 0 Å². The Kier molecular flexibility index (Phi) is 5.91. The molecule has 39 heavy (non-hydrogen) atoms. The van der Waals surface area contributed by atoms with Gasteiger partial charge >= 0.3 is 0 Å². The average molecular weight is 518 g/mol. The number of aromatic amines is 2. The number of benzene rings is 2. The average Bonchev–Trinajstić information content (AvgIpc) is 3.55. The van der Waals surface area contributed by atoms with E-state index in [9.17, 15) is 0 Å². The highest BCUT2D eigenvalue weighted by atomic mass is 16.5. The van der Waals surface area contributed by atoms with Crippen molar-refractivity contribution in [3.63, 3.8) is 0 Å². The van der Waals surface area contributed by atoms with Gasteiger partial charge < -0.3 is 19.4 Å². The van der Waals surface area contributed by atoms with Gasteiger partial charge in [-0.2, -0.15) is 0 Å². The fourth-order valence-electron chi connectivity index (χ4n) is 6.22. The molecule has 5 aromatic rings. The Hall–Kier alpha value is -4.39. The molecule has 0 amide bonds. The number of methoxy groups -OCH3 is 2. The lowest BCUT2D eigenvalue weighted by atomic mass is 9.85. The van der Waals surface area contributed by atoms with E-state index in [-0.39, 0.29) is 5.92 Å². The normalized spacial score (nSPS) is 14.7. The highest BCUT2D eigenvalue weighted by molar-refractivity contribution is 6.09. The molecule has 3 aromatic heterocycles. The predicted octanol–water partition coefficient (Wildman–Crippen LogP) is 6.02. The summed E-state index contributed by atoms with van der Waals surface area (Å²) in [5, 5.41) is 2.51. The van der Waals surface area contributed by atoms with Gasteiger partial charge in [0.2, 0.25) is 0 Å². The van der Waals surface area contributed by atoms with Gasteiger partial charge in [0.25, 0.3) is 0 Å². The van der Waals surface area contributed by atoms with Gasteiger partial charge in [-0.1, -0.05) is 6.07 Å². The summed E-state index contributed by atoms with van der Waals surface area (Å²) in [6, 6.07) is 16.8. The number of fused-ring (bicyclic) bond motifs is 6. The maximum Gasteiger partial charge on any atom is 0.120 e. The number of aromatic nitrogens is 3. The zero-order chi connectivity index (χ0) is 26.3. The molecule has 0 saturated heterocycles. The standard InChI is InChI=1S/C32H31N5O2/c1-38-21-5-7-23-25-9-12-34-29(31(25)36-27(23)16-21)14-20(19-4-3-11-33-18-19)15-30-32-26(10-13-35-30)24-8-6-22(39-2)17-28(24)37-32/h3-8,11,16-18,20,36-37H,9-10,12-15H2,1-2H3. The second-order valence-electron chi connectivity index (χ2n) is 10.3. The Morgan fingerprint density at radius 3 is 1.82 bits per heavy atom. The van der Waals surface area contributed by atoms with Crippen molar-refractivity contribution in [2.45, 2.75) is 31.6 Å². The van der Waals surface area contributed by atoms with Crippen LogP contribution in [0.1, 0.15) is 46.8 Å². The van der Waals surface area contributed by atoms with Crippen molar-refractivity contribution < 1.29 is 9.47 Å². The molecular formula is C32H31N5O2. The van der Waals surface area contributed by atoms with E-state index in [1.807, 2.05) is 30.6 Å². The fraction of sp³-hybridized carbons (Fsp3) is 0.281. The van der Waals surface area contributed by atoms with Crippen LogP contribution in [0.25, 0.3) is 21.8 Å². The third-order valence-corrected chi connectivity index (χ3v) is 8.17. The summed E-state index contributed by atoms with van der Waals surface area (Å²) in [4.78, 5) is 21.9. The number of hydrogen-bond donors (Lipinski definition) is 2. The van der Waals surface area contributed by atoms with E-state index >= 15 is 0 Å². The first-order valence-corrected chi connectivity index (χ1v) is 13.6. The number of ether oxygens (including phenoxy) is 2. The van der Waals surface area contributed by atoms with Gasteiger partial charge in [-0.25, -0.2) is 0 Å². The summed E-state index contributed by atoms with van der Waals surface area (Å²) >= 11 is 0. The molecule has 0 unspecified atom stereocenters. The van der Waals surface area contributed by atoms with E-state index in [1.54, 1.807) is 14.2 Å². The number of aliphatic imine (C=N–C) groups is 2. The Bertz CT molecular complexity index is 1640. The summed E-state index contributed by atoms with van der Waals surface area (Å²) in [7, 11) is 3.41.